The summed E-state index contributed by atoms with van der Waals surface area (Å²) in [6.07, 6.45) is 0. The predicted octanol–water partition coefficient (Wildman–Crippen LogP) is 4.60. The number of nitrogens with zero attached hydrogens (tertiary/aromatic N) is 3. The van der Waals surface area contributed by atoms with Crippen LogP contribution in [0.2, 0.25) is 0 Å². The first-order valence-electron chi connectivity index (χ1n) is 18.9. The van der Waals surface area contributed by atoms with Crippen LogP contribution in [0.3, 0.4) is 0 Å². The van der Waals surface area contributed by atoms with Crippen LogP contribution in [0.4, 0.5) is 14.5 Å². The molecule has 2 fully saturated rings. The molecule has 14 nitrogen and oxygen atoms in total. The number of hydrogen-bond donors (Lipinski definition) is 0. The second-order valence-corrected chi connectivity index (χ2v) is 15.4. The van der Waals surface area contributed by atoms with E-state index in [1.807, 2.05) is 0 Å². The summed E-state index contributed by atoms with van der Waals surface area (Å²) < 4.78 is 63.0. The number of ether oxygens (including phenoxy) is 6. The van der Waals surface area contributed by atoms with Gasteiger partial charge in [-0.05, 0) is 55.5 Å². The van der Waals surface area contributed by atoms with E-state index in [9.17, 15) is 24.0 Å². The lowest BCUT2D eigenvalue weighted by atomic mass is 10.2. The maximum atomic E-state index is 15.7. The van der Waals surface area contributed by atoms with Crippen LogP contribution in [0.15, 0.2) is 80.3 Å². The Labute approximate surface area is 348 Å². The number of benzene rings is 3. The predicted molar refractivity (Wildman–Crippen MR) is 213 cm³/mol. The van der Waals surface area contributed by atoms with Gasteiger partial charge in [-0.3, -0.25) is 24.0 Å². The maximum Gasteiger partial charge on any atom is 0.273 e. The fraction of sp³-hybridized carbons (Fsp3) is 0.390. The topological polar surface area (TPSA) is 150 Å². The van der Waals surface area contributed by atoms with Crippen molar-refractivity contribution in [3.63, 3.8) is 0 Å². The normalized spacial score (nSPS) is 15.9. The average molecular weight is 856 g/mol. The summed E-state index contributed by atoms with van der Waals surface area (Å²) in [5.41, 5.74) is 0.273. The van der Waals surface area contributed by atoms with Crippen molar-refractivity contribution < 1.29 is 61.2 Å². The molecule has 0 N–H and O–H groups in total. The molecule has 2 saturated heterocycles. The van der Waals surface area contributed by atoms with E-state index in [0.717, 1.165) is 35.7 Å². The molecule has 314 valence electrons. The van der Waals surface area contributed by atoms with Crippen molar-refractivity contribution in [2.24, 2.45) is 0 Å². The summed E-state index contributed by atoms with van der Waals surface area (Å²) in [7, 11) is 0. The smallest absolute Gasteiger partial charge is 0.273 e. The molecule has 0 radical (unpaired) electrons. The molecule has 18 heteroatoms. The molecule has 0 unspecified atom stereocenters. The summed E-state index contributed by atoms with van der Waals surface area (Å²) in [6, 6.07) is 14.6. The number of rotatable bonds is 19. The second-order valence-electron chi connectivity index (χ2n) is 13.2. The first kappa shape index (κ1) is 43.9. The van der Waals surface area contributed by atoms with Crippen molar-refractivity contribution in [3.8, 4) is 5.75 Å². The van der Waals surface area contributed by atoms with Gasteiger partial charge in [0.2, 0.25) is 0 Å². The number of anilines is 1. The minimum atomic E-state index is -1.07. The highest BCUT2D eigenvalue weighted by Crippen LogP contribution is 2.45. The Kier molecular flexibility index (Phi) is 16.0. The molecule has 0 spiro atoms. The van der Waals surface area contributed by atoms with E-state index in [2.05, 4.69) is 0 Å². The molecule has 0 aromatic heterocycles. The second kappa shape index (κ2) is 21.5. The van der Waals surface area contributed by atoms with Gasteiger partial charge in [0.15, 0.2) is 23.2 Å². The summed E-state index contributed by atoms with van der Waals surface area (Å²) in [4.78, 5) is 70.0. The van der Waals surface area contributed by atoms with Crippen molar-refractivity contribution in [3.05, 3.63) is 93.2 Å². The third-order valence-electron chi connectivity index (χ3n) is 9.02. The number of carbonyl (C=O) groups is 5. The molecule has 3 aromatic carbocycles. The minimum absolute atomic E-state index is 0.0176. The van der Waals surface area contributed by atoms with Crippen molar-refractivity contribution in [2.75, 3.05) is 104 Å². The Bertz CT molecular complexity index is 1930. The maximum absolute atomic E-state index is 15.7. The zero-order valence-electron chi connectivity index (χ0n) is 32.3. The number of imide groups is 1. The van der Waals surface area contributed by atoms with Gasteiger partial charge in [-0.1, -0.05) is 23.5 Å². The van der Waals surface area contributed by atoms with Crippen LogP contribution < -0.4 is 9.64 Å². The van der Waals surface area contributed by atoms with Gasteiger partial charge in [0.25, 0.3) is 23.6 Å². The van der Waals surface area contributed by atoms with Gasteiger partial charge < -0.3 is 38.2 Å². The molecule has 59 heavy (non-hydrogen) atoms. The van der Waals surface area contributed by atoms with Crippen molar-refractivity contribution >= 4 is 58.6 Å². The molecule has 0 saturated carbocycles. The zero-order chi connectivity index (χ0) is 41.7. The number of halogens is 2. The van der Waals surface area contributed by atoms with Crippen LogP contribution in [0.5, 0.6) is 5.75 Å². The van der Waals surface area contributed by atoms with Gasteiger partial charge in [-0.15, -0.1) is 0 Å². The van der Waals surface area contributed by atoms with Crippen LogP contribution in [0.25, 0.3) is 0 Å². The lowest BCUT2D eigenvalue weighted by molar-refractivity contribution is -0.122. The van der Waals surface area contributed by atoms with Crippen LogP contribution in [0, 0.1) is 11.6 Å². The lowest BCUT2D eigenvalue weighted by Gasteiger charge is -2.26. The number of carbonyl (C=O) groups excluding carboxylic acids is 5. The molecule has 3 aliphatic heterocycles. The quantitative estimate of drug-likeness (QED) is 0.122. The van der Waals surface area contributed by atoms with Crippen LogP contribution in [-0.4, -0.2) is 138 Å². The number of ketones is 1. The molecular formula is C41H43F2N3O11S2. The van der Waals surface area contributed by atoms with E-state index in [1.165, 1.54) is 6.92 Å². The van der Waals surface area contributed by atoms with Gasteiger partial charge in [0.1, 0.15) is 13.2 Å². The Morgan fingerprint density at radius 1 is 0.627 bits per heavy atom. The molecule has 3 aromatic rings. The fourth-order valence-corrected chi connectivity index (χ4v) is 8.00. The summed E-state index contributed by atoms with van der Waals surface area (Å²) in [5, 5.41) is 0. The largest absolute Gasteiger partial charge is 0.488 e. The molecule has 6 rings (SSSR count). The Balaban J connectivity index is 1.14. The third-order valence-corrected chi connectivity index (χ3v) is 11.3. The first-order chi connectivity index (χ1) is 28.6. The monoisotopic (exact) mass is 855 g/mol. The van der Waals surface area contributed by atoms with E-state index in [4.69, 9.17) is 28.4 Å². The minimum Gasteiger partial charge on any atom is -0.488 e. The molecular weight excluding hydrogens is 813 g/mol. The molecule has 3 aliphatic rings. The highest BCUT2D eigenvalue weighted by atomic mass is 32.2. The van der Waals surface area contributed by atoms with E-state index in [1.54, 1.807) is 58.3 Å². The number of morpholine rings is 2. The van der Waals surface area contributed by atoms with Crippen molar-refractivity contribution in [1.29, 1.82) is 0 Å². The standard InChI is InChI=1S/C41H43F2N3O11S2/c1-27(47)26-56-21-20-54-18-19-55-22-23-57-35-25-32(42)34(24-33(35)43)46-40(50)36(58-30-6-2-28(3-7-30)38(48)44-10-14-52-15-11-44)37(41(46)51)59-31-8-4-29(5-9-31)39(49)45-12-16-53-17-13-45/h2-9,24-25H,10-23,26H2,1H3. The number of thioether (sulfide) groups is 2. The SMILES string of the molecule is CC(=O)COCCOCCOCCOc1cc(F)c(N2C(=O)C(Sc3ccc(C(=O)N4CCOCC4)cc3)=C(Sc3ccc(C(=O)N4CCOCC4)cc3)C2=O)cc1F. The Hall–Kier alpha value is -4.69. The number of hydrogen-bond acceptors (Lipinski definition) is 13. The summed E-state index contributed by atoms with van der Waals surface area (Å²) >= 11 is 1.91. The molecule has 0 atom stereocenters. The third kappa shape index (κ3) is 11.7. The Morgan fingerprint density at radius 3 is 1.53 bits per heavy atom. The van der Waals surface area contributed by atoms with Gasteiger partial charge >= 0.3 is 0 Å². The van der Waals surface area contributed by atoms with Crippen LogP contribution >= 0.6 is 23.5 Å². The molecule has 0 bridgehead atoms. The molecule has 0 aliphatic carbocycles. The van der Waals surface area contributed by atoms with Gasteiger partial charge in [0.05, 0.1) is 75.0 Å². The average Bonchev–Trinajstić information content (AvgIpc) is 3.47. The lowest BCUT2D eigenvalue weighted by Crippen LogP contribution is -2.40. The first-order valence-corrected chi connectivity index (χ1v) is 20.5. The van der Waals surface area contributed by atoms with Crippen molar-refractivity contribution in [2.45, 2.75) is 16.7 Å². The fourth-order valence-electron chi connectivity index (χ4n) is 6.02. The van der Waals surface area contributed by atoms with Crippen LogP contribution in [0.1, 0.15) is 27.6 Å². The van der Waals surface area contributed by atoms with E-state index >= 15 is 8.78 Å². The summed E-state index contributed by atoms with van der Waals surface area (Å²) in [5.74, 6) is -4.68. The van der Waals surface area contributed by atoms with E-state index < -0.39 is 34.9 Å². The van der Waals surface area contributed by atoms with E-state index in [-0.39, 0.29) is 73.7 Å². The Morgan fingerprint density at radius 2 is 1.07 bits per heavy atom. The highest BCUT2D eigenvalue weighted by molar-refractivity contribution is 8.08. The molecule has 4 amide bonds. The van der Waals surface area contributed by atoms with Crippen molar-refractivity contribution in [1.82, 2.24) is 9.80 Å². The molecule has 3 heterocycles. The highest BCUT2D eigenvalue weighted by Gasteiger charge is 2.42. The van der Waals surface area contributed by atoms with Crippen LogP contribution in [-0.2, 0) is 38.1 Å². The zero-order valence-corrected chi connectivity index (χ0v) is 33.9. The van der Waals surface area contributed by atoms with Gasteiger partial charge in [-0.25, -0.2) is 13.7 Å². The summed E-state index contributed by atoms with van der Waals surface area (Å²) in [6.45, 7) is 5.98. The van der Waals surface area contributed by atoms with E-state index in [0.29, 0.717) is 78.4 Å². The van der Waals surface area contributed by atoms with Gasteiger partial charge in [-0.2, -0.15) is 0 Å². The number of Topliss-reactive ketones (excluding diaryl/α,β-unsaturated/α-hetero) is 1. The number of amides is 4. The van der Waals surface area contributed by atoms with Gasteiger partial charge in [0, 0.05) is 59.2 Å².